The summed E-state index contributed by atoms with van der Waals surface area (Å²) in [6.45, 7) is 4.61. The first-order valence-corrected chi connectivity index (χ1v) is 21.3. The average Bonchev–Trinajstić information content (AvgIpc) is 3.81. The highest BCUT2D eigenvalue weighted by Crippen LogP contribution is 2.51. The molecule has 0 amide bonds. The molecule has 62 heavy (non-hydrogen) atoms. The van der Waals surface area contributed by atoms with Crippen molar-refractivity contribution in [3.8, 4) is 56.4 Å². The number of nitrogens with zero attached hydrogens (tertiary/aromatic N) is 3. The van der Waals surface area contributed by atoms with Gasteiger partial charge in [0.2, 0.25) is 0 Å². The maximum Gasteiger partial charge on any atom is 0.164 e. The highest BCUT2D eigenvalue weighted by atomic mass is 16.3. The summed E-state index contributed by atoms with van der Waals surface area (Å²) in [5.41, 5.74) is 11.6. The normalized spacial score (nSPS) is 13.1. The second kappa shape index (κ2) is 13.0. The Bertz CT molecular complexity index is 3840. The van der Waals surface area contributed by atoms with Crippen LogP contribution in [0.25, 0.3) is 121 Å². The van der Waals surface area contributed by atoms with Gasteiger partial charge in [-0.25, -0.2) is 15.0 Å². The molecule has 4 nitrogen and oxygen atoms in total. The Morgan fingerprint density at radius 3 is 1.87 bits per heavy atom. The smallest absolute Gasteiger partial charge is 0.164 e. The van der Waals surface area contributed by atoms with Crippen molar-refractivity contribution < 1.29 is 4.42 Å². The molecule has 0 bridgehead atoms. The molecular formula is C58H37N3O. The predicted octanol–water partition coefficient (Wildman–Crippen LogP) is 15.4. The lowest BCUT2D eigenvalue weighted by Crippen LogP contribution is -2.14. The first-order valence-electron chi connectivity index (χ1n) is 21.3. The van der Waals surface area contributed by atoms with Crippen LogP contribution in [0.4, 0.5) is 0 Å². The summed E-state index contributed by atoms with van der Waals surface area (Å²) in [5, 5.41) is 11.8. The third-order valence-electron chi connectivity index (χ3n) is 13.3. The fraction of sp³-hybridized carbons (Fsp3) is 0.0517. The maximum atomic E-state index is 6.72. The van der Waals surface area contributed by atoms with Crippen LogP contribution in [0.5, 0.6) is 0 Å². The minimum atomic E-state index is -0.142. The molecule has 2 heterocycles. The van der Waals surface area contributed by atoms with Gasteiger partial charge in [0.1, 0.15) is 11.2 Å². The molecule has 0 fully saturated rings. The molecule has 290 valence electrons. The second-order valence-corrected chi connectivity index (χ2v) is 17.1. The van der Waals surface area contributed by atoms with Crippen LogP contribution in [0.15, 0.2) is 192 Å². The van der Waals surface area contributed by atoms with Crippen LogP contribution < -0.4 is 0 Å². The van der Waals surface area contributed by atoms with Crippen molar-refractivity contribution in [3.63, 3.8) is 0 Å². The van der Waals surface area contributed by atoms with Gasteiger partial charge in [0.15, 0.2) is 17.5 Å². The van der Waals surface area contributed by atoms with Gasteiger partial charge in [-0.1, -0.05) is 178 Å². The van der Waals surface area contributed by atoms with E-state index in [-0.39, 0.29) is 5.41 Å². The molecule has 0 radical (unpaired) electrons. The van der Waals surface area contributed by atoms with E-state index in [4.69, 9.17) is 19.4 Å². The van der Waals surface area contributed by atoms with Crippen LogP contribution in [0.3, 0.4) is 0 Å². The first kappa shape index (κ1) is 34.9. The molecule has 12 aromatic rings. The highest BCUT2D eigenvalue weighted by molar-refractivity contribution is 6.25. The summed E-state index contributed by atoms with van der Waals surface area (Å²) in [5.74, 6) is 1.82. The summed E-state index contributed by atoms with van der Waals surface area (Å²) in [6, 6.07) is 67.2. The van der Waals surface area contributed by atoms with Crippen molar-refractivity contribution >= 4 is 65.0 Å². The van der Waals surface area contributed by atoms with E-state index in [2.05, 4.69) is 190 Å². The van der Waals surface area contributed by atoms with Gasteiger partial charge in [-0.15, -0.1) is 0 Å². The Hall–Kier alpha value is -7.95. The lowest BCUT2D eigenvalue weighted by atomic mass is 9.82. The lowest BCUT2D eigenvalue weighted by molar-refractivity contribution is 0.647. The van der Waals surface area contributed by atoms with Gasteiger partial charge in [-0.05, 0) is 101 Å². The maximum absolute atomic E-state index is 6.72. The zero-order chi connectivity index (χ0) is 41.1. The minimum absolute atomic E-state index is 0.142. The first-order chi connectivity index (χ1) is 30.5. The molecule has 0 atom stereocenters. The van der Waals surface area contributed by atoms with Crippen molar-refractivity contribution in [3.05, 3.63) is 199 Å². The molecule has 10 aromatic carbocycles. The Balaban J connectivity index is 1.08. The Kier molecular flexibility index (Phi) is 7.32. The van der Waals surface area contributed by atoms with Crippen LogP contribution in [-0.4, -0.2) is 15.0 Å². The molecule has 1 aliphatic rings. The van der Waals surface area contributed by atoms with E-state index in [1.807, 2.05) is 12.1 Å². The molecule has 1 aliphatic carbocycles. The predicted molar refractivity (Wildman–Crippen MR) is 256 cm³/mol. The number of hydrogen-bond donors (Lipinski definition) is 0. The molecule has 0 saturated carbocycles. The number of benzene rings is 10. The van der Waals surface area contributed by atoms with Crippen molar-refractivity contribution in [2.45, 2.75) is 19.3 Å². The molecule has 0 N–H and O–H groups in total. The van der Waals surface area contributed by atoms with Crippen LogP contribution >= 0.6 is 0 Å². The zero-order valence-electron chi connectivity index (χ0n) is 34.1. The molecular weight excluding hydrogens is 755 g/mol. The fourth-order valence-corrected chi connectivity index (χ4v) is 10.3. The van der Waals surface area contributed by atoms with Crippen molar-refractivity contribution in [1.29, 1.82) is 0 Å². The number of rotatable bonds is 4. The SMILES string of the molecule is CC1(C)c2ccccc2-c2cc3c(cc21)oc1cccc(-c2nc(-c4ccc5ccc6ccc7c8ccccc8ccc7c6c5c4)nc(-c4ccccc4-c4ccccc4)n2)c13. The van der Waals surface area contributed by atoms with E-state index < -0.39 is 0 Å². The third kappa shape index (κ3) is 5.10. The molecule has 0 aliphatic heterocycles. The van der Waals surface area contributed by atoms with Gasteiger partial charge < -0.3 is 4.42 Å². The highest BCUT2D eigenvalue weighted by Gasteiger charge is 2.36. The lowest BCUT2D eigenvalue weighted by Gasteiger charge is -2.21. The van der Waals surface area contributed by atoms with Gasteiger partial charge in [0.25, 0.3) is 0 Å². The number of furan rings is 1. The Morgan fingerprint density at radius 1 is 0.339 bits per heavy atom. The molecule has 13 rings (SSSR count). The molecule has 4 heteroatoms. The van der Waals surface area contributed by atoms with Gasteiger partial charge in [0.05, 0.1) is 0 Å². The standard InChI is InChI=1S/C58H37N3O/c1-58(2)49-21-11-10-18-42(49)47-32-48-52(33-50(47)58)62-51-22-12-20-45(54(48)51)57-60-55(59-56(61-57)44-19-9-8-17-40(44)34-13-4-3-5-14-34)38-26-24-36-23-25-37-28-29-41-39-16-7-6-15-35(39)27-30-43(41)53(37)46(36)31-38/h3-33H,1-2H3. The largest absolute Gasteiger partial charge is 0.456 e. The quantitative estimate of drug-likeness (QED) is 0.167. The van der Waals surface area contributed by atoms with Gasteiger partial charge in [0, 0.05) is 32.9 Å². The van der Waals surface area contributed by atoms with E-state index in [1.165, 1.54) is 54.6 Å². The van der Waals surface area contributed by atoms with E-state index in [0.29, 0.717) is 17.5 Å². The monoisotopic (exact) mass is 791 g/mol. The minimum Gasteiger partial charge on any atom is -0.456 e. The van der Waals surface area contributed by atoms with Crippen molar-refractivity contribution in [2.75, 3.05) is 0 Å². The average molecular weight is 792 g/mol. The molecule has 0 unspecified atom stereocenters. The molecule has 0 spiro atoms. The third-order valence-corrected chi connectivity index (χ3v) is 13.3. The van der Waals surface area contributed by atoms with Crippen molar-refractivity contribution in [1.82, 2.24) is 15.0 Å². The van der Waals surface area contributed by atoms with Crippen LogP contribution in [0, 0.1) is 0 Å². The van der Waals surface area contributed by atoms with E-state index in [9.17, 15) is 0 Å². The zero-order valence-corrected chi connectivity index (χ0v) is 34.1. The summed E-state index contributed by atoms with van der Waals surface area (Å²) < 4.78 is 6.72. The summed E-state index contributed by atoms with van der Waals surface area (Å²) in [6.07, 6.45) is 0. The Morgan fingerprint density at radius 2 is 0.984 bits per heavy atom. The van der Waals surface area contributed by atoms with Crippen LogP contribution in [-0.2, 0) is 5.41 Å². The number of fused-ring (bicyclic) bond motifs is 13. The van der Waals surface area contributed by atoms with Crippen molar-refractivity contribution in [2.24, 2.45) is 0 Å². The fourth-order valence-electron chi connectivity index (χ4n) is 10.3. The molecule has 2 aromatic heterocycles. The second-order valence-electron chi connectivity index (χ2n) is 17.1. The van der Waals surface area contributed by atoms with Gasteiger partial charge >= 0.3 is 0 Å². The Labute approximate surface area is 357 Å². The summed E-state index contributed by atoms with van der Waals surface area (Å²) in [7, 11) is 0. The van der Waals surface area contributed by atoms with Crippen LogP contribution in [0.1, 0.15) is 25.0 Å². The summed E-state index contributed by atoms with van der Waals surface area (Å²) in [4.78, 5) is 16.1. The van der Waals surface area contributed by atoms with Crippen LogP contribution in [0.2, 0.25) is 0 Å². The topological polar surface area (TPSA) is 51.8 Å². The van der Waals surface area contributed by atoms with E-state index in [1.54, 1.807) is 0 Å². The van der Waals surface area contributed by atoms with Gasteiger partial charge in [-0.2, -0.15) is 0 Å². The number of aromatic nitrogens is 3. The molecule has 0 saturated heterocycles. The van der Waals surface area contributed by atoms with E-state index >= 15 is 0 Å². The number of hydrogen-bond acceptors (Lipinski definition) is 4. The van der Waals surface area contributed by atoms with E-state index in [0.717, 1.165) is 60.5 Å². The summed E-state index contributed by atoms with van der Waals surface area (Å²) >= 11 is 0. The van der Waals surface area contributed by atoms with Gasteiger partial charge in [-0.3, -0.25) is 0 Å².